The molecule has 4 radical (unpaired) electrons. The summed E-state index contributed by atoms with van der Waals surface area (Å²) in [6.45, 7) is 0. The van der Waals surface area contributed by atoms with Crippen LogP contribution in [0.2, 0.25) is 0 Å². The number of fused-ring (bicyclic) bond motifs is 1. The molecule has 0 aliphatic rings. The summed E-state index contributed by atoms with van der Waals surface area (Å²) < 4.78 is 2.52. The predicted molar refractivity (Wildman–Crippen MR) is 54.7 cm³/mol. The maximum atomic E-state index is 2.76. The first kappa shape index (κ1) is 8.37. The average molecular weight is 180 g/mol. The van der Waals surface area contributed by atoms with E-state index >= 15 is 0 Å². The van der Waals surface area contributed by atoms with Crippen molar-refractivity contribution in [2.24, 2.45) is 0 Å². The standard InChI is InChI=1S/C10H6.2Al/c1-2-6-10-8-4-3-7-9(10)5-1;;/h1-5,7H;;. The summed E-state index contributed by atoms with van der Waals surface area (Å²) in [7, 11) is 0. The molecular formula is C10H6Al2. The first-order valence-electron chi connectivity index (χ1n) is 3.82. The van der Waals surface area contributed by atoms with E-state index < -0.39 is 0 Å². The topological polar surface area (TPSA) is 0 Å². The van der Waals surface area contributed by atoms with Crippen LogP contribution < -0.4 is 8.85 Å². The molecule has 0 amide bonds. The molecule has 0 aliphatic heterocycles. The fraction of sp³-hybridized carbons (Fsp3) is 0. The Balaban J connectivity index is 2.96. The van der Waals surface area contributed by atoms with Crippen molar-refractivity contribution in [1.29, 1.82) is 0 Å². The highest BCUT2D eigenvalue weighted by molar-refractivity contribution is 6.47. The molecule has 12 heavy (non-hydrogen) atoms. The van der Waals surface area contributed by atoms with Crippen molar-refractivity contribution in [3.8, 4) is 0 Å². The SMILES string of the molecule is [Al][c]1cccc2ccc[c]([Al])c12. The maximum absolute atomic E-state index is 2.76. The van der Waals surface area contributed by atoms with Crippen LogP contribution in [0.25, 0.3) is 10.8 Å². The van der Waals surface area contributed by atoms with Gasteiger partial charge >= 0.3 is 0 Å². The van der Waals surface area contributed by atoms with Crippen LogP contribution in [0.4, 0.5) is 0 Å². The van der Waals surface area contributed by atoms with E-state index in [1.165, 1.54) is 19.6 Å². The second-order valence-corrected chi connectivity index (χ2v) is 4.04. The monoisotopic (exact) mass is 180 g/mol. The molecule has 52 valence electrons. The van der Waals surface area contributed by atoms with Gasteiger partial charge in [0.2, 0.25) is 0 Å². The molecule has 0 spiro atoms. The van der Waals surface area contributed by atoms with Crippen LogP contribution in [0.3, 0.4) is 0 Å². The van der Waals surface area contributed by atoms with Gasteiger partial charge in [0.15, 0.2) is 32.6 Å². The molecule has 0 bridgehead atoms. The second kappa shape index (κ2) is 3.25. The molecule has 2 heteroatoms. The minimum atomic E-state index is 1.26. The van der Waals surface area contributed by atoms with E-state index in [9.17, 15) is 0 Å². The number of hydrogen-bond acceptors (Lipinski definition) is 0. The quantitative estimate of drug-likeness (QED) is 0.516. The summed E-state index contributed by atoms with van der Waals surface area (Å²) in [4.78, 5) is 0. The van der Waals surface area contributed by atoms with Crippen molar-refractivity contribution in [2.75, 3.05) is 0 Å². The lowest BCUT2D eigenvalue weighted by molar-refractivity contribution is 1.82. The third-order valence-corrected chi connectivity index (χ3v) is 2.93. The van der Waals surface area contributed by atoms with Crippen molar-refractivity contribution in [3.63, 3.8) is 0 Å². The lowest BCUT2D eigenvalue weighted by atomic mass is 10.1. The molecule has 0 aliphatic carbocycles. The first-order chi connectivity index (χ1) is 5.79. The van der Waals surface area contributed by atoms with Gasteiger partial charge in [0, 0.05) is 0 Å². The molecule has 2 aromatic carbocycles. The van der Waals surface area contributed by atoms with E-state index in [4.69, 9.17) is 0 Å². The normalized spacial score (nSPS) is 10.3. The molecule has 0 atom stereocenters. The minimum absolute atomic E-state index is 1.26. The molecule has 0 saturated heterocycles. The van der Waals surface area contributed by atoms with Gasteiger partial charge in [-0.25, -0.2) is 0 Å². The summed E-state index contributed by atoms with van der Waals surface area (Å²) in [6, 6.07) is 12.7. The van der Waals surface area contributed by atoms with Gasteiger partial charge in [-0.1, -0.05) is 36.4 Å². The van der Waals surface area contributed by atoms with E-state index in [0.717, 1.165) is 0 Å². The average Bonchev–Trinajstić information content (AvgIpc) is 2.04. The van der Waals surface area contributed by atoms with Gasteiger partial charge in [0.25, 0.3) is 0 Å². The van der Waals surface area contributed by atoms with Gasteiger partial charge in [-0.15, -0.1) is 8.85 Å². The highest BCUT2D eigenvalue weighted by Gasteiger charge is 1.95. The van der Waals surface area contributed by atoms with Crippen molar-refractivity contribution in [1.82, 2.24) is 0 Å². The van der Waals surface area contributed by atoms with Crippen LogP contribution >= 0.6 is 0 Å². The van der Waals surface area contributed by atoms with E-state index in [2.05, 4.69) is 69.0 Å². The summed E-state index contributed by atoms with van der Waals surface area (Å²) in [6.07, 6.45) is 0. The molecule has 2 aromatic rings. The van der Waals surface area contributed by atoms with Crippen LogP contribution in [0, 0.1) is 0 Å². The molecule has 2 rings (SSSR count). The molecule has 0 fully saturated rings. The molecule has 0 heterocycles. The third-order valence-electron chi connectivity index (χ3n) is 1.97. The molecule has 0 N–H and O–H groups in total. The lowest BCUT2D eigenvalue weighted by Crippen LogP contribution is -2.14. The van der Waals surface area contributed by atoms with Crippen LogP contribution in [-0.2, 0) is 0 Å². The van der Waals surface area contributed by atoms with Crippen molar-refractivity contribution < 1.29 is 0 Å². The van der Waals surface area contributed by atoms with Crippen molar-refractivity contribution in [3.05, 3.63) is 36.4 Å². The zero-order chi connectivity index (χ0) is 8.55. The summed E-state index contributed by atoms with van der Waals surface area (Å²) in [5, 5.41) is 2.63. The number of rotatable bonds is 0. The van der Waals surface area contributed by atoms with Gasteiger partial charge in [0.1, 0.15) is 0 Å². The molecule has 0 nitrogen and oxygen atoms in total. The van der Waals surface area contributed by atoms with Crippen molar-refractivity contribution >= 4 is 52.2 Å². The molecule has 0 aromatic heterocycles. The Morgan fingerprint density at radius 2 is 1.25 bits per heavy atom. The van der Waals surface area contributed by atoms with E-state index in [0.29, 0.717) is 0 Å². The smallest absolute Gasteiger partial charge is 0.133 e. The summed E-state index contributed by atoms with van der Waals surface area (Å²) in [5.74, 6) is 0. The van der Waals surface area contributed by atoms with E-state index in [-0.39, 0.29) is 0 Å². The van der Waals surface area contributed by atoms with Crippen LogP contribution in [0.15, 0.2) is 36.4 Å². The summed E-state index contributed by atoms with van der Waals surface area (Å²) in [5.41, 5.74) is 0. The maximum Gasteiger partial charge on any atom is 0.176 e. The van der Waals surface area contributed by atoms with Gasteiger partial charge in [0.05, 0.1) is 0 Å². The van der Waals surface area contributed by atoms with Crippen LogP contribution in [-0.4, -0.2) is 32.6 Å². The van der Waals surface area contributed by atoms with Gasteiger partial charge < -0.3 is 0 Å². The Morgan fingerprint density at radius 3 is 1.67 bits per heavy atom. The largest absolute Gasteiger partial charge is 0.176 e. The Morgan fingerprint density at radius 1 is 0.750 bits per heavy atom. The second-order valence-electron chi connectivity index (χ2n) is 2.79. The summed E-state index contributed by atoms with van der Waals surface area (Å²) >= 11 is 5.53. The van der Waals surface area contributed by atoms with Crippen molar-refractivity contribution in [2.45, 2.75) is 0 Å². The van der Waals surface area contributed by atoms with Gasteiger partial charge in [-0.05, 0) is 10.8 Å². The Kier molecular flexibility index (Phi) is 2.27. The zero-order valence-corrected chi connectivity index (χ0v) is 8.93. The highest BCUT2D eigenvalue weighted by Crippen LogP contribution is 2.06. The lowest BCUT2D eigenvalue weighted by Gasteiger charge is -2.06. The highest BCUT2D eigenvalue weighted by atomic mass is 27.1. The molecular weight excluding hydrogens is 174 g/mol. The predicted octanol–water partition coefficient (Wildman–Crippen LogP) is 0.427. The minimum Gasteiger partial charge on any atom is -0.133 e. The first-order valence-corrected chi connectivity index (χ1v) is 4.97. The third kappa shape index (κ3) is 1.33. The molecule has 0 saturated carbocycles. The van der Waals surface area contributed by atoms with E-state index in [1.807, 2.05) is 0 Å². The van der Waals surface area contributed by atoms with Crippen LogP contribution in [0.1, 0.15) is 0 Å². The molecule has 0 unspecified atom stereocenters. The number of hydrogen-bond donors (Lipinski definition) is 0. The number of benzene rings is 2. The Bertz CT molecular complexity index is 384. The zero-order valence-electron chi connectivity index (χ0n) is 6.62. The van der Waals surface area contributed by atoms with Crippen LogP contribution in [0.5, 0.6) is 0 Å². The fourth-order valence-corrected chi connectivity index (χ4v) is 2.46. The Hall–Kier alpha value is -0.235. The van der Waals surface area contributed by atoms with Gasteiger partial charge in [-0.2, -0.15) is 0 Å². The van der Waals surface area contributed by atoms with Gasteiger partial charge in [-0.3, -0.25) is 0 Å². The fourth-order valence-electron chi connectivity index (χ4n) is 1.40. The Labute approximate surface area is 88.4 Å². The van der Waals surface area contributed by atoms with E-state index in [1.54, 1.807) is 0 Å².